The highest BCUT2D eigenvalue weighted by Crippen LogP contribution is 2.35. The maximum Gasteiger partial charge on any atom is 0.411 e. The van der Waals surface area contributed by atoms with Gasteiger partial charge in [0.25, 0.3) is 0 Å². The van der Waals surface area contributed by atoms with Gasteiger partial charge in [-0.3, -0.25) is 10.3 Å². The van der Waals surface area contributed by atoms with Crippen molar-refractivity contribution in [1.29, 1.82) is 0 Å². The molecule has 8 heteroatoms. The molecular weight excluding hydrogens is 458 g/mol. The maximum absolute atomic E-state index is 12.0. The van der Waals surface area contributed by atoms with E-state index in [0.29, 0.717) is 24.4 Å². The molecular formula is C28H35N3O5. The van der Waals surface area contributed by atoms with E-state index in [1.54, 1.807) is 13.2 Å². The molecule has 0 radical (unpaired) electrons. The Balaban J connectivity index is 1.63. The quantitative estimate of drug-likeness (QED) is 0.471. The minimum atomic E-state index is -0.530. The highest BCUT2D eigenvalue weighted by Gasteiger charge is 2.31. The molecule has 2 aromatic carbocycles. The molecule has 1 heterocycles. The van der Waals surface area contributed by atoms with E-state index in [0.717, 1.165) is 48.1 Å². The molecule has 1 saturated carbocycles. The Bertz CT molecular complexity index is 1100. The average molecular weight is 494 g/mol. The monoisotopic (exact) mass is 493 g/mol. The number of rotatable bonds is 9. The number of amides is 1. The SMILES string of the molecule is CCC1CC(C=O)N(Cc2cccc(NC(=O)OC)c2)N=C1c1ccc(OC)c(OC2CCCC2)c1. The number of carbonyl (C=O) groups is 2. The molecule has 1 aliphatic carbocycles. The molecule has 1 amide bonds. The number of benzene rings is 2. The standard InChI is InChI=1S/C28H35N3O5/c1-4-20-15-23(18-32)31(17-19-8-7-9-22(14-19)29-28(33)35-3)30-27(20)21-12-13-25(34-2)26(16-21)36-24-10-5-6-11-24/h7-9,12-14,16,18,20,23-24H,4-6,10-11,15,17H2,1-3H3,(H,29,33). The fraction of sp³-hybridized carbons (Fsp3) is 0.464. The van der Waals surface area contributed by atoms with Gasteiger partial charge in [-0.1, -0.05) is 19.1 Å². The average Bonchev–Trinajstić information content (AvgIpc) is 3.41. The highest BCUT2D eigenvalue weighted by atomic mass is 16.5. The van der Waals surface area contributed by atoms with Crippen LogP contribution in [0.3, 0.4) is 0 Å². The number of hydrogen-bond donors (Lipinski definition) is 1. The summed E-state index contributed by atoms with van der Waals surface area (Å²) in [7, 11) is 2.98. The summed E-state index contributed by atoms with van der Waals surface area (Å²) >= 11 is 0. The van der Waals surface area contributed by atoms with Crippen LogP contribution in [0.4, 0.5) is 10.5 Å². The number of aldehydes is 1. The molecule has 192 valence electrons. The molecule has 0 bridgehead atoms. The van der Waals surface area contributed by atoms with Gasteiger partial charge in [-0.05, 0) is 74.4 Å². The van der Waals surface area contributed by atoms with Crippen LogP contribution in [0.1, 0.15) is 56.6 Å². The molecule has 1 aliphatic heterocycles. The summed E-state index contributed by atoms with van der Waals surface area (Å²) in [6.45, 7) is 2.56. The molecule has 1 N–H and O–H groups in total. The highest BCUT2D eigenvalue weighted by molar-refractivity contribution is 6.03. The van der Waals surface area contributed by atoms with Crippen LogP contribution in [0.25, 0.3) is 0 Å². The lowest BCUT2D eigenvalue weighted by molar-refractivity contribution is -0.113. The number of anilines is 1. The molecule has 1 fully saturated rings. The van der Waals surface area contributed by atoms with Gasteiger partial charge in [-0.15, -0.1) is 0 Å². The Labute approximate surface area is 212 Å². The maximum atomic E-state index is 12.0. The topological polar surface area (TPSA) is 89.5 Å². The van der Waals surface area contributed by atoms with Gasteiger partial charge in [0.1, 0.15) is 12.3 Å². The third-order valence-electron chi connectivity index (χ3n) is 6.94. The van der Waals surface area contributed by atoms with Gasteiger partial charge < -0.3 is 19.0 Å². The minimum absolute atomic E-state index is 0.150. The van der Waals surface area contributed by atoms with E-state index < -0.39 is 6.09 Å². The lowest BCUT2D eigenvalue weighted by Crippen LogP contribution is -2.41. The number of ether oxygens (including phenoxy) is 3. The Hall–Kier alpha value is -3.55. The number of methoxy groups -OCH3 is 2. The number of hydrazone groups is 1. The molecule has 2 aliphatic rings. The molecule has 8 nitrogen and oxygen atoms in total. The summed E-state index contributed by atoms with van der Waals surface area (Å²) in [6, 6.07) is 13.1. The van der Waals surface area contributed by atoms with E-state index in [1.807, 2.05) is 41.4 Å². The smallest absolute Gasteiger partial charge is 0.411 e. The summed E-state index contributed by atoms with van der Waals surface area (Å²) in [5.74, 6) is 1.61. The molecule has 0 spiro atoms. The third kappa shape index (κ3) is 5.98. The fourth-order valence-corrected chi connectivity index (χ4v) is 4.97. The molecule has 2 atom stereocenters. The van der Waals surface area contributed by atoms with Crippen molar-refractivity contribution in [2.24, 2.45) is 11.0 Å². The number of nitrogens with zero attached hydrogens (tertiary/aromatic N) is 2. The van der Waals surface area contributed by atoms with Crippen molar-refractivity contribution in [2.75, 3.05) is 19.5 Å². The van der Waals surface area contributed by atoms with Gasteiger partial charge in [0, 0.05) is 17.2 Å². The molecule has 2 aromatic rings. The second kappa shape index (κ2) is 11.9. The van der Waals surface area contributed by atoms with Crippen molar-refractivity contribution in [3.05, 3.63) is 53.6 Å². The van der Waals surface area contributed by atoms with Crippen LogP contribution in [0.5, 0.6) is 11.5 Å². The first-order valence-corrected chi connectivity index (χ1v) is 12.6. The van der Waals surface area contributed by atoms with Gasteiger partial charge in [-0.25, -0.2) is 4.79 Å². The van der Waals surface area contributed by atoms with Crippen LogP contribution in [0.2, 0.25) is 0 Å². The molecule has 2 unspecified atom stereocenters. The molecule has 0 saturated heterocycles. The Morgan fingerprint density at radius 1 is 1.14 bits per heavy atom. The van der Waals surface area contributed by atoms with Gasteiger partial charge in [0.05, 0.1) is 32.6 Å². The van der Waals surface area contributed by atoms with Gasteiger partial charge in [0.2, 0.25) is 0 Å². The number of carbonyl (C=O) groups excluding carboxylic acids is 2. The van der Waals surface area contributed by atoms with Crippen molar-refractivity contribution in [2.45, 2.75) is 64.1 Å². The van der Waals surface area contributed by atoms with E-state index in [9.17, 15) is 9.59 Å². The summed E-state index contributed by atoms with van der Waals surface area (Å²) in [5.41, 5.74) is 3.47. The minimum Gasteiger partial charge on any atom is -0.493 e. The summed E-state index contributed by atoms with van der Waals surface area (Å²) in [4.78, 5) is 23.6. The van der Waals surface area contributed by atoms with Crippen molar-refractivity contribution >= 4 is 23.8 Å². The number of nitrogens with one attached hydrogen (secondary N) is 1. The first-order chi connectivity index (χ1) is 17.5. The summed E-state index contributed by atoms with van der Waals surface area (Å²) in [6.07, 6.45) is 6.72. The van der Waals surface area contributed by atoms with E-state index in [1.165, 1.54) is 20.0 Å². The first kappa shape index (κ1) is 25.5. The molecule has 4 rings (SSSR count). The second-order valence-corrected chi connectivity index (χ2v) is 9.33. The van der Waals surface area contributed by atoms with E-state index in [4.69, 9.17) is 14.6 Å². The van der Waals surface area contributed by atoms with Crippen molar-refractivity contribution < 1.29 is 23.8 Å². The molecule has 0 aromatic heterocycles. The normalized spacial score (nSPS) is 20.0. The Kier molecular flexibility index (Phi) is 8.46. The Morgan fingerprint density at radius 2 is 1.94 bits per heavy atom. The van der Waals surface area contributed by atoms with E-state index in [2.05, 4.69) is 17.0 Å². The van der Waals surface area contributed by atoms with Crippen LogP contribution < -0.4 is 14.8 Å². The van der Waals surface area contributed by atoms with Gasteiger partial charge in [0.15, 0.2) is 11.5 Å². The van der Waals surface area contributed by atoms with Crippen molar-refractivity contribution in [1.82, 2.24) is 5.01 Å². The lowest BCUT2D eigenvalue weighted by atomic mass is 9.87. The second-order valence-electron chi connectivity index (χ2n) is 9.33. The summed E-state index contributed by atoms with van der Waals surface area (Å²) < 4.78 is 16.6. The van der Waals surface area contributed by atoms with E-state index in [-0.39, 0.29) is 18.1 Å². The van der Waals surface area contributed by atoms with E-state index >= 15 is 0 Å². The number of hydrogen-bond acceptors (Lipinski definition) is 7. The predicted octanol–water partition coefficient (Wildman–Crippen LogP) is 5.40. The van der Waals surface area contributed by atoms with Crippen LogP contribution in [-0.4, -0.2) is 49.5 Å². The summed E-state index contributed by atoms with van der Waals surface area (Å²) in [5, 5.41) is 9.52. The van der Waals surface area contributed by atoms with Crippen LogP contribution in [0, 0.1) is 5.92 Å². The van der Waals surface area contributed by atoms with Crippen molar-refractivity contribution in [3.8, 4) is 11.5 Å². The van der Waals surface area contributed by atoms with Crippen LogP contribution in [0.15, 0.2) is 47.6 Å². The van der Waals surface area contributed by atoms with Gasteiger partial charge in [-0.2, -0.15) is 5.10 Å². The lowest BCUT2D eigenvalue weighted by Gasteiger charge is -2.35. The Morgan fingerprint density at radius 3 is 2.64 bits per heavy atom. The third-order valence-corrected chi connectivity index (χ3v) is 6.94. The van der Waals surface area contributed by atoms with Gasteiger partial charge >= 0.3 is 6.09 Å². The largest absolute Gasteiger partial charge is 0.493 e. The predicted molar refractivity (Wildman–Crippen MR) is 139 cm³/mol. The fourth-order valence-electron chi connectivity index (χ4n) is 4.97. The zero-order valence-corrected chi connectivity index (χ0v) is 21.2. The van der Waals surface area contributed by atoms with Crippen LogP contribution in [-0.2, 0) is 16.1 Å². The first-order valence-electron chi connectivity index (χ1n) is 12.6. The zero-order valence-electron chi connectivity index (χ0n) is 21.2. The van der Waals surface area contributed by atoms with Crippen molar-refractivity contribution in [3.63, 3.8) is 0 Å². The van der Waals surface area contributed by atoms with Crippen LogP contribution >= 0.6 is 0 Å². The zero-order chi connectivity index (χ0) is 25.5. The molecule has 36 heavy (non-hydrogen) atoms.